The molecule has 4 aliphatic rings. The van der Waals surface area contributed by atoms with Crippen LogP contribution in [-0.2, 0) is 14.3 Å². The highest BCUT2D eigenvalue weighted by molar-refractivity contribution is 6.01. The molecule has 22 heavy (non-hydrogen) atoms. The molecule has 3 aliphatic carbocycles. The number of fused-ring (bicyclic) bond motifs is 5. The van der Waals surface area contributed by atoms with Gasteiger partial charge in [-0.05, 0) is 63.0 Å². The van der Waals surface area contributed by atoms with Crippen LogP contribution in [0.25, 0.3) is 0 Å². The Bertz CT molecular complexity index is 602. The smallest absolute Gasteiger partial charge is 0.306 e. The summed E-state index contributed by atoms with van der Waals surface area (Å²) in [6.07, 6.45) is 11.5. The quantitative estimate of drug-likeness (QED) is 0.642. The summed E-state index contributed by atoms with van der Waals surface area (Å²) >= 11 is 0. The summed E-state index contributed by atoms with van der Waals surface area (Å²) in [7, 11) is 0. The van der Waals surface area contributed by atoms with E-state index in [1.165, 1.54) is 5.57 Å². The molecule has 0 aromatic rings. The normalized spacial score (nSPS) is 47.0. The molecule has 0 bridgehead atoms. The Labute approximate surface area is 131 Å². The summed E-state index contributed by atoms with van der Waals surface area (Å²) in [6, 6.07) is 0. The van der Waals surface area contributed by atoms with Crippen molar-refractivity contribution in [3.8, 4) is 0 Å². The van der Waals surface area contributed by atoms with Crippen molar-refractivity contribution >= 4 is 11.8 Å². The lowest BCUT2D eigenvalue weighted by molar-refractivity contribution is -0.192. The van der Waals surface area contributed by atoms with Gasteiger partial charge in [-0.1, -0.05) is 18.6 Å². The van der Waals surface area contributed by atoms with Crippen molar-refractivity contribution in [2.45, 2.75) is 58.0 Å². The standard InChI is InChI=1S/C19H24O3/c1-18-9-7-13(20)11-12(18)3-4-14-15(18)8-10-19(2)16(14)5-6-17(21)22-19/h7,9,11,14-16H,3-6,8,10H2,1-2H3/t14?,15?,16?,18-,19-/m1/s1. The van der Waals surface area contributed by atoms with Gasteiger partial charge in [0, 0.05) is 17.8 Å². The topological polar surface area (TPSA) is 43.4 Å². The van der Waals surface area contributed by atoms with E-state index in [1.807, 2.05) is 6.08 Å². The van der Waals surface area contributed by atoms with E-state index in [0.29, 0.717) is 24.2 Å². The van der Waals surface area contributed by atoms with Crippen LogP contribution < -0.4 is 0 Å². The van der Waals surface area contributed by atoms with Gasteiger partial charge >= 0.3 is 5.97 Å². The molecule has 0 radical (unpaired) electrons. The summed E-state index contributed by atoms with van der Waals surface area (Å²) in [5.74, 6) is 1.77. The molecule has 0 aromatic heterocycles. The minimum atomic E-state index is -0.262. The summed E-state index contributed by atoms with van der Waals surface area (Å²) in [5.41, 5.74) is 1.08. The van der Waals surface area contributed by atoms with Gasteiger partial charge in [0.15, 0.2) is 5.78 Å². The molecule has 1 saturated heterocycles. The number of carbonyl (C=O) groups excluding carboxylic acids is 2. The predicted octanol–water partition coefficient (Wildman–Crippen LogP) is 3.59. The zero-order chi connectivity index (χ0) is 15.5. The molecule has 3 heteroatoms. The average molecular weight is 300 g/mol. The minimum Gasteiger partial charge on any atom is -0.459 e. The third-order valence-electron chi connectivity index (χ3n) is 6.90. The monoisotopic (exact) mass is 300 g/mol. The largest absolute Gasteiger partial charge is 0.459 e. The van der Waals surface area contributed by atoms with Crippen molar-refractivity contribution in [2.24, 2.45) is 23.2 Å². The van der Waals surface area contributed by atoms with E-state index in [2.05, 4.69) is 19.9 Å². The van der Waals surface area contributed by atoms with Gasteiger partial charge in [0.1, 0.15) is 5.60 Å². The number of rotatable bonds is 0. The van der Waals surface area contributed by atoms with E-state index in [9.17, 15) is 9.59 Å². The van der Waals surface area contributed by atoms with Gasteiger partial charge in [0.25, 0.3) is 0 Å². The molecule has 0 spiro atoms. The highest BCUT2D eigenvalue weighted by Crippen LogP contribution is 2.60. The lowest BCUT2D eigenvalue weighted by Crippen LogP contribution is -2.56. The molecule has 118 valence electrons. The zero-order valence-electron chi connectivity index (χ0n) is 13.4. The maximum atomic E-state index is 11.7. The number of ketones is 1. The number of ether oxygens (including phenoxy) is 1. The van der Waals surface area contributed by atoms with E-state index >= 15 is 0 Å². The van der Waals surface area contributed by atoms with Gasteiger partial charge in [-0.15, -0.1) is 0 Å². The van der Waals surface area contributed by atoms with Gasteiger partial charge in [0.2, 0.25) is 0 Å². The van der Waals surface area contributed by atoms with Crippen LogP contribution >= 0.6 is 0 Å². The molecule has 2 saturated carbocycles. The number of hydrogen-bond acceptors (Lipinski definition) is 3. The van der Waals surface area contributed by atoms with Crippen molar-refractivity contribution in [1.29, 1.82) is 0 Å². The van der Waals surface area contributed by atoms with Crippen LogP contribution in [0.3, 0.4) is 0 Å². The Balaban J connectivity index is 1.68. The van der Waals surface area contributed by atoms with Crippen molar-refractivity contribution in [2.75, 3.05) is 0 Å². The number of allylic oxidation sites excluding steroid dienone is 4. The summed E-state index contributed by atoms with van der Waals surface area (Å²) in [5, 5.41) is 0. The minimum absolute atomic E-state index is 0.0250. The van der Waals surface area contributed by atoms with Crippen molar-refractivity contribution < 1.29 is 14.3 Å². The van der Waals surface area contributed by atoms with Crippen molar-refractivity contribution in [3.05, 3.63) is 23.8 Å². The van der Waals surface area contributed by atoms with Gasteiger partial charge in [-0.3, -0.25) is 9.59 Å². The van der Waals surface area contributed by atoms with E-state index in [0.717, 1.165) is 32.1 Å². The van der Waals surface area contributed by atoms with Crippen LogP contribution in [0.5, 0.6) is 0 Å². The van der Waals surface area contributed by atoms with Gasteiger partial charge in [0.05, 0.1) is 0 Å². The van der Waals surface area contributed by atoms with Crippen LogP contribution in [0.15, 0.2) is 23.8 Å². The Hall–Kier alpha value is -1.38. The first-order chi connectivity index (χ1) is 10.4. The Morgan fingerprint density at radius 1 is 1.09 bits per heavy atom. The van der Waals surface area contributed by atoms with E-state index in [4.69, 9.17) is 4.74 Å². The summed E-state index contributed by atoms with van der Waals surface area (Å²) < 4.78 is 5.79. The van der Waals surface area contributed by atoms with Crippen LogP contribution in [-0.4, -0.2) is 17.4 Å². The summed E-state index contributed by atoms with van der Waals surface area (Å²) in [4.78, 5) is 23.4. The number of hydrogen-bond donors (Lipinski definition) is 0. The van der Waals surface area contributed by atoms with Crippen molar-refractivity contribution in [3.63, 3.8) is 0 Å². The lowest BCUT2D eigenvalue weighted by Gasteiger charge is -2.58. The molecule has 1 heterocycles. The zero-order valence-corrected chi connectivity index (χ0v) is 13.4. The molecule has 4 rings (SSSR count). The highest BCUT2D eigenvalue weighted by atomic mass is 16.6. The second-order valence-electron chi connectivity index (χ2n) is 7.97. The Morgan fingerprint density at radius 3 is 2.73 bits per heavy atom. The first-order valence-corrected chi connectivity index (χ1v) is 8.58. The first-order valence-electron chi connectivity index (χ1n) is 8.58. The second kappa shape index (κ2) is 4.56. The average Bonchev–Trinajstić information content (AvgIpc) is 2.46. The Kier molecular flexibility index (Phi) is 2.95. The molecular formula is C19H24O3. The third kappa shape index (κ3) is 1.87. The van der Waals surface area contributed by atoms with E-state index in [-0.39, 0.29) is 22.8 Å². The van der Waals surface area contributed by atoms with Crippen LogP contribution in [0, 0.1) is 23.2 Å². The van der Waals surface area contributed by atoms with Crippen molar-refractivity contribution in [1.82, 2.24) is 0 Å². The molecule has 3 unspecified atom stereocenters. The molecule has 0 amide bonds. The highest BCUT2D eigenvalue weighted by Gasteiger charge is 2.56. The second-order valence-corrected chi connectivity index (χ2v) is 7.97. The molecule has 0 N–H and O–H groups in total. The molecule has 3 fully saturated rings. The molecule has 5 atom stereocenters. The number of carbonyl (C=O) groups is 2. The van der Waals surface area contributed by atoms with Gasteiger partial charge < -0.3 is 4.74 Å². The lowest BCUT2D eigenvalue weighted by atomic mass is 9.49. The fraction of sp³-hybridized carbons (Fsp3) is 0.684. The Morgan fingerprint density at radius 2 is 1.91 bits per heavy atom. The van der Waals surface area contributed by atoms with Crippen LogP contribution in [0.4, 0.5) is 0 Å². The summed E-state index contributed by atoms with van der Waals surface area (Å²) in [6.45, 7) is 4.44. The fourth-order valence-corrected chi connectivity index (χ4v) is 5.72. The third-order valence-corrected chi connectivity index (χ3v) is 6.90. The van der Waals surface area contributed by atoms with Gasteiger partial charge in [-0.2, -0.15) is 0 Å². The molecule has 0 aromatic carbocycles. The van der Waals surface area contributed by atoms with E-state index < -0.39 is 0 Å². The van der Waals surface area contributed by atoms with Crippen LogP contribution in [0.2, 0.25) is 0 Å². The maximum absolute atomic E-state index is 11.7. The predicted molar refractivity (Wildman–Crippen MR) is 83.0 cm³/mol. The number of esters is 1. The van der Waals surface area contributed by atoms with Crippen LogP contribution in [0.1, 0.15) is 52.4 Å². The first kappa shape index (κ1) is 14.2. The molecular weight excluding hydrogens is 276 g/mol. The van der Waals surface area contributed by atoms with E-state index in [1.54, 1.807) is 6.08 Å². The maximum Gasteiger partial charge on any atom is 0.306 e. The SMILES string of the molecule is C[C@@]12CCC3C(CCC4=CC(=O)C=C[C@]43C)C1CCC(=O)O2. The molecule has 3 nitrogen and oxygen atoms in total. The van der Waals surface area contributed by atoms with Gasteiger partial charge in [-0.25, -0.2) is 0 Å². The fourth-order valence-electron chi connectivity index (χ4n) is 5.72. The molecule has 1 aliphatic heterocycles.